The maximum atomic E-state index is 13.6. The van der Waals surface area contributed by atoms with Crippen LogP contribution in [0.2, 0.25) is 0 Å². The fourth-order valence-electron chi connectivity index (χ4n) is 4.07. The highest BCUT2D eigenvalue weighted by Gasteiger charge is 2.37. The molecule has 2 aliphatic rings. The molecular weight excluding hydrogens is 362 g/mol. The Morgan fingerprint density at radius 3 is 2.24 bits per heavy atom. The zero-order valence-corrected chi connectivity index (χ0v) is 17.3. The summed E-state index contributed by atoms with van der Waals surface area (Å²) < 4.78 is 0. The van der Waals surface area contributed by atoms with E-state index in [0.29, 0.717) is 16.8 Å². The molecule has 5 heteroatoms. The molecule has 2 amide bonds. The lowest BCUT2D eigenvalue weighted by molar-refractivity contribution is -0.112. The normalized spacial score (nSPS) is 19.1. The van der Waals surface area contributed by atoms with E-state index in [2.05, 4.69) is 16.7 Å². The lowest BCUT2D eigenvalue weighted by atomic mass is 9.92. The maximum Gasteiger partial charge on any atom is 0.267 e. The van der Waals surface area contributed by atoms with Crippen molar-refractivity contribution in [2.45, 2.75) is 20.8 Å². The molecule has 2 heterocycles. The summed E-state index contributed by atoms with van der Waals surface area (Å²) in [6.07, 6.45) is 1.96. The Labute approximate surface area is 172 Å². The van der Waals surface area contributed by atoms with Crippen LogP contribution < -0.4 is 4.90 Å². The molecule has 0 saturated carbocycles. The second-order valence-electron chi connectivity index (χ2n) is 7.72. The van der Waals surface area contributed by atoms with Gasteiger partial charge in [0, 0.05) is 43.5 Å². The minimum Gasteiger partial charge on any atom is -0.374 e. The van der Waals surface area contributed by atoms with Crippen LogP contribution in [0.5, 0.6) is 0 Å². The molecule has 0 radical (unpaired) electrons. The molecule has 0 aliphatic carbocycles. The first-order chi connectivity index (χ1) is 14.0. The predicted octanol–water partition coefficient (Wildman–Crippen LogP) is 3.47. The summed E-state index contributed by atoms with van der Waals surface area (Å²) in [5, 5.41) is 0. The van der Waals surface area contributed by atoms with Gasteiger partial charge in [0.1, 0.15) is 0 Å². The molecule has 0 N–H and O–H groups in total. The summed E-state index contributed by atoms with van der Waals surface area (Å²) in [6.45, 7) is 10.9. The van der Waals surface area contributed by atoms with Gasteiger partial charge in [-0.15, -0.1) is 0 Å². The SMILES string of the molecule is CCN1CCN(C=C2C(=O)N(c3cccc(C)c3C)C(=O)c3ccccc32)CC1. The molecule has 150 valence electrons. The monoisotopic (exact) mass is 389 g/mol. The number of carbonyl (C=O) groups excluding carboxylic acids is 2. The number of piperazine rings is 1. The number of anilines is 1. The van der Waals surface area contributed by atoms with Crippen molar-refractivity contribution in [3.63, 3.8) is 0 Å². The van der Waals surface area contributed by atoms with Gasteiger partial charge in [-0.05, 0) is 43.7 Å². The quantitative estimate of drug-likeness (QED) is 0.596. The van der Waals surface area contributed by atoms with Crippen molar-refractivity contribution < 1.29 is 9.59 Å². The fraction of sp³-hybridized carbons (Fsp3) is 0.333. The van der Waals surface area contributed by atoms with Crippen molar-refractivity contribution in [1.82, 2.24) is 9.80 Å². The van der Waals surface area contributed by atoms with Crippen molar-refractivity contribution in [2.24, 2.45) is 0 Å². The zero-order chi connectivity index (χ0) is 20.5. The van der Waals surface area contributed by atoms with Crippen LogP contribution in [0, 0.1) is 13.8 Å². The lowest BCUT2D eigenvalue weighted by Crippen LogP contribution is -2.45. The van der Waals surface area contributed by atoms with Crippen LogP contribution in [0.1, 0.15) is 34.0 Å². The molecule has 2 aromatic rings. The molecule has 0 spiro atoms. The first kappa shape index (κ1) is 19.4. The Kier molecular flexibility index (Phi) is 5.24. The zero-order valence-electron chi connectivity index (χ0n) is 17.3. The van der Waals surface area contributed by atoms with E-state index in [9.17, 15) is 9.59 Å². The molecule has 29 heavy (non-hydrogen) atoms. The fourth-order valence-corrected chi connectivity index (χ4v) is 4.07. The van der Waals surface area contributed by atoms with Gasteiger partial charge in [-0.1, -0.05) is 37.3 Å². The van der Waals surface area contributed by atoms with Gasteiger partial charge in [0.25, 0.3) is 11.8 Å². The highest BCUT2D eigenvalue weighted by Crippen LogP contribution is 2.34. The highest BCUT2D eigenvalue weighted by molar-refractivity contribution is 6.41. The average Bonchev–Trinajstić information content (AvgIpc) is 2.74. The topological polar surface area (TPSA) is 43.9 Å². The molecule has 4 rings (SSSR count). The first-order valence-electron chi connectivity index (χ1n) is 10.2. The number of fused-ring (bicyclic) bond motifs is 1. The number of carbonyl (C=O) groups is 2. The van der Waals surface area contributed by atoms with E-state index in [4.69, 9.17) is 0 Å². The standard InChI is InChI=1S/C24H27N3O2/c1-4-25-12-14-26(15-13-25)16-21-19-9-5-6-10-20(19)23(28)27(24(21)29)22-11-7-8-17(2)18(22)3/h5-11,16H,4,12-15H2,1-3H3. The van der Waals surface area contributed by atoms with Crippen LogP contribution >= 0.6 is 0 Å². The van der Waals surface area contributed by atoms with E-state index in [1.54, 1.807) is 0 Å². The largest absolute Gasteiger partial charge is 0.374 e. The lowest BCUT2D eigenvalue weighted by Gasteiger charge is -2.35. The summed E-state index contributed by atoms with van der Waals surface area (Å²) in [4.78, 5) is 32.8. The number of amides is 2. The molecule has 5 nitrogen and oxygen atoms in total. The second-order valence-corrected chi connectivity index (χ2v) is 7.72. The maximum absolute atomic E-state index is 13.6. The van der Waals surface area contributed by atoms with Crippen molar-refractivity contribution >= 4 is 23.1 Å². The van der Waals surface area contributed by atoms with Gasteiger partial charge >= 0.3 is 0 Å². The van der Waals surface area contributed by atoms with Gasteiger partial charge in [0.05, 0.1) is 11.3 Å². The number of hydrogen-bond donors (Lipinski definition) is 0. The number of nitrogens with zero attached hydrogens (tertiary/aromatic N) is 3. The Bertz CT molecular complexity index is 987. The number of aryl methyl sites for hydroxylation is 1. The minimum absolute atomic E-state index is 0.250. The van der Waals surface area contributed by atoms with E-state index >= 15 is 0 Å². The van der Waals surface area contributed by atoms with E-state index in [1.165, 1.54) is 4.90 Å². The molecule has 0 bridgehead atoms. The average molecular weight is 389 g/mol. The van der Waals surface area contributed by atoms with Crippen molar-refractivity contribution in [3.8, 4) is 0 Å². The van der Waals surface area contributed by atoms with Crippen LogP contribution in [0.15, 0.2) is 48.7 Å². The van der Waals surface area contributed by atoms with E-state index in [-0.39, 0.29) is 11.8 Å². The number of likely N-dealkylation sites (N-methyl/N-ethyl adjacent to an activating group) is 1. The van der Waals surface area contributed by atoms with Crippen LogP contribution in [0.25, 0.3) is 5.57 Å². The second kappa shape index (κ2) is 7.84. The summed E-state index contributed by atoms with van der Waals surface area (Å²) in [6, 6.07) is 13.2. The summed E-state index contributed by atoms with van der Waals surface area (Å²) >= 11 is 0. The number of imide groups is 1. The summed E-state index contributed by atoms with van der Waals surface area (Å²) in [7, 11) is 0. The minimum atomic E-state index is -0.257. The molecular formula is C24H27N3O2. The molecule has 1 saturated heterocycles. The summed E-state index contributed by atoms with van der Waals surface area (Å²) in [5.41, 5.74) is 4.56. The molecule has 0 atom stereocenters. The van der Waals surface area contributed by atoms with Crippen molar-refractivity contribution in [1.29, 1.82) is 0 Å². The summed E-state index contributed by atoms with van der Waals surface area (Å²) in [5.74, 6) is -0.507. The Morgan fingerprint density at radius 2 is 1.55 bits per heavy atom. The third-order valence-electron chi connectivity index (χ3n) is 6.07. The van der Waals surface area contributed by atoms with Gasteiger partial charge in [-0.3, -0.25) is 9.59 Å². The number of hydrogen-bond acceptors (Lipinski definition) is 4. The van der Waals surface area contributed by atoms with Gasteiger partial charge in [0.15, 0.2) is 0 Å². The van der Waals surface area contributed by atoms with Crippen LogP contribution in [0.4, 0.5) is 5.69 Å². The van der Waals surface area contributed by atoms with Crippen LogP contribution in [0.3, 0.4) is 0 Å². The van der Waals surface area contributed by atoms with E-state index in [1.807, 2.05) is 62.5 Å². The molecule has 0 unspecified atom stereocenters. The third kappa shape index (κ3) is 3.47. The van der Waals surface area contributed by atoms with Crippen molar-refractivity contribution in [3.05, 3.63) is 70.9 Å². The molecule has 2 aromatic carbocycles. The molecule has 0 aromatic heterocycles. The van der Waals surface area contributed by atoms with Crippen LogP contribution in [-0.4, -0.2) is 54.3 Å². The van der Waals surface area contributed by atoms with Gasteiger partial charge in [-0.25, -0.2) is 4.90 Å². The smallest absolute Gasteiger partial charge is 0.267 e. The number of benzene rings is 2. The number of rotatable bonds is 3. The van der Waals surface area contributed by atoms with E-state index in [0.717, 1.165) is 49.4 Å². The van der Waals surface area contributed by atoms with Gasteiger partial charge in [-0.2, -0.15) is 0 Å². The Balaban J connectivity index is 1.78. The van der Waals surface area contributed by atoms with Gasteiger partial charge < -0.3 is 9.80 Å². The van der Waals surface area contributed by atoms with Crippen molar-refractivity contribution in [2.75, 3.05) is 37.6 Å². The highest BCUT2D eigenvalue weighted by atomic mass is 16.2. The van der Waals surface area contributed by atoms with Gasteiger partial charge in [0.2, 0.25) is 0 Å². The molecule has 2 aliphatic heterocycles. The Morgan fingerprint density at radius 1 is 0.862 bits per heavy atom. The predicted molar refractivity (Wildman–Crippen MR) is 116 cm³/mol. The Hall–Kier alpha value is -2.92. The first-order valence-corrected chi connectivity index (χ1v) is 10.2. The molecule has 1 fully saturated rings. The van der Waals surface area contributed by atoms with Crippen LogP contribution in [-0.2, 0) is 4.79 Å². The van der Waals surface area contributed by atoms with E-state index < -0.39 is 0 Å². The third-order valence-corrected chi connectivity index (χ3v) is 6.07.